The van der Waals surface area contributed by atoms with Crippen LogP contribution in [0.2, 0.25) is 5.28 Å². The van der Waals surface area contributed by atoms with Crippen LogP contribution in [-0.4, -0.2) is 21.7 Å². The lowest BCUT2D eigenvalue weighted by Gasteiger charge is -2.11. The molecule has 1 N–H and O–H groups in total. The molecule has 0 aliphatic heterocycles. The predicted octanol–water partition coefficient (Wildman–Crippen LogP) is 4.98. The molecule has 0 saturated carbocycles. The quantitative estimate of drug-likeness (QED) is 0.327. The number of carbonyl (C=O) groups excluding carboxylic acids is 2. The Labute approximate surface area is 171 Å². The van der Waals surface area contributed by atoms with Crippen molar-refractivity contribution in [3.8, 4) is 0 Å². The zero-order chi connectivity index (χ0) is 20.3. The highest BCUT2D eigenvalue weighted by atomic mass is 79.9. The third-order valence-corrected chi connectivity index (χ3v) is 4.78. The largest absolute Gasteiger partial charge is 0.322 e. The predicted molar refractivity (Wildman–Crippen MR) is 104 cm³/mol. The summed E-state index contributed by atoms with van der Waals surface area (Å²) in [4.78, 5) is 31.9. The van der Waals surface area contributed by atoms with Crippen LogP contribution in [0.1, 0.15) is 31.2 Å². The van der Waals surface area contributed by atoms with E-state index in [1.54, 1.807) is 18.2 Å². The minimum absolute atomic E-state index is 0.00730. The Bertz CT molecular complexity index is 1060. The molecule has 0 radical (unpaired) electrons. The average Bonchev–Trinajstić information content (AvgIpc) is 2.68. The van der Waals surface area contributed by atoms with Crippen molar-refractivity contribution in [1.29, 1.82) is 0 Å². The van der Waals surface area contributed by atoms with Gasteiger partial charge in [-0.3, -0.25) is 9.59 Å². The Balaban J connectivity index is 1.81. The van der Waals surface area contributed by atoms with Gasteiger partial charge in [-0.25, -0.2) is 18.7 Å². The van der Waals surface area contributed by atoms with Gasteiger partial charge in [-0.2, -0.15) is 0 Å². The van der Waals surface area contributed by atoms with Crippen molar-refractivity contribution in [3.63, 3.8) is 0 Å². The van der Waals surface area contributed by atoms with Crippen molar-refractivity contribution < 1.29 is 18.4 Å². The number of amides is 1. The van der Waals surface area contributed by atoms with Gasteiger partial charge in [-0.1, -0.05) is 28.1 Å². The highest BCUT2D eigenvalue weighted by Gasteiger charge is 2.21. The first-order valence-electron chi connectivity index (χ1n) is 7.88. The van der Waals surface area contributed by atoms with E-state index in [0.29, 0.717) is 5.69 Å². The number of nitrogens with one attached hydrogen (secondary N) is 1. The van der Waals surface area contributed by atoms with Crippen molar-refractivity contribution in [2.45, 2.75) is 4.83 Å². The number of carbonyl (C=O) groups is 2. The van der Waals surface area contributed by atoms with Crippen LogP contribution in [0.25, 0.3) is 0 Å². The maximum Gasteiger partial charge on any atom is 0.258 e. The summed E-state index contributed by atoms with van der Waals surface area (Å²) < 4.78 is 27.0. The number of Topliss-reactive ketones (excluding diaryl/α,β-unsaturated/α-hetero) is 1. The molecular weight excluding hydrogens is 456 g/mol. The van der Waals surface area contributed by atoms with Crippen molar-refractivity contribution in [2.24, 2.45) is 0 Å². The standard InChI is InChI=1S/C19H11BrClF2N3O2/c20-16(15-6-7-24-19(21)26-15)17(27)10-2-1-3-12(8-10)25-18(28)13-9-11(22)4-5-14(13)23/h1-9,16H,(H,25,28). The van der Waals surface area contributed by atoms with Gasteiger partial charge >= 0.3 is 0 Å². The number of alkyl halides is 1. The van der Waals surface area contributed by atoms with Crippen molar-refractivity contribution in [2.75, 3.05) is 5.32 Å². The van der Waals surface area contributed by atoms with Crippen molar-refractivity contribution in [1.82, 2.24) is 9.97 Å². The topological polar surface area (TPSA) is 72.0 Å². The van der Waals surface area contributed by atoms with Gasteiger partial charge in [0.2, 0.25) is 5.28 Å². The number of nitrogens with zero attached hydrogens (tertiary/aromatic N) is 2. The van der Waals surface area contributed by atoms with E-state index in [0.717, 1.165) is 18.2 Å². The van der Waals surface area contributed by atoms with Crippen molar-refractivity contribution >= 4 is 44.9 Å². The second-order valence-electron chi connectivity index (χ2n) is 5.64. The molecule has 0 saturated heterocycles. The number of rotatable bonds is 5. The number of benzene rings is 2. The first-order valence-corrected chi connectivity index (χ1v) is 9.17. The molecule has 142 valence electrons. The second kappa shape index (κ2) is 8.53. The van der Waals surface area contributed by atoms with Gasteiger partial charge in [-0.05, 0) is 48.0 Å². The molecule has 1 amide bonds. The van der Waals surface area contributed by atoms with Gasteiger partial charge in [0.25, 0.3) is 5.91 Å². The van der Waals surface area contributed by atoms with Gasteiger partial charge in [0, 0.05) is 17.4 Å². The van der Waals surface area contributed by atoms with Crippen molar-refractivity contribution in [3.05, 3.63) is 88.5 Å². The summed E-state index contributed by atoms with van der Waals surface area (Å²) in [6, 6.07) is 10.2. The summed E-state index contributed by atoms with van der Waals surface area (Å²) in [6.45, 7) is 0. The molecule has 1 aromatic heterocycles. The maximum atomic E-state index is 13.7. The molecule has 1 unspecified atom stereocenters. The number of anilines is 1. The van der Waals surface area contributed by atoms with E-state index in [-0.39, 0.29) is 22.3 Å². The van der Waals surface area contributed by atoms with Gasteiger partial charge in [0.1, 0.15) is 16.5 Å². The highest BCUT2D eigenvalue weighted by Crippen LogP contribution is 2.27. The number of aromatic nitrogens is 2. The van der Waals surface area contributed by atoms with E-state index in [4.69, 9.17) is 11.6 Å². The van der Waals surface area contributed by atoms with Crippen LogP contribution >= 0.6 is 27.5 Å². The van der Waals surface area contributed by atoms with E-state index in [2.05, 4.69) is 31.2 Å². The molecule has 0 bridgehead atoms. The normalized spacial score (nSPS) is 11.7. The summed E-state index contributed by atoms with van der Waals surface area (Å²) in [5.74, 6) is -2.75. The van der Waals surface area contributed by atoms with Crippen LogP contribution in [0.15, 0.2) is 54.7 Å². The third kappa shape index (κ3) is 4.58. The minimum Gasteiger partial charge on any atom is -0.322 e. The second-order valence-corrected chi connectivity index (χ2v) is 6.89. The fourth-order valence-electron chi connectivity index (χ4n) is 2.39. The fraction of sp³-hybridized carbons (Fsp3) is 0.0526. The lowest BCUT2D eigenvalue weighted by atomic mass is 10.1. The van der Waals surface area contributed by atoms with Crippen LogP contribution in [0.3, 0.4) is 0 Å². The SMILES string of the molecule is O=C(Nc1cccc(C(=O)C(Br)c2ccnc(Cl)n2)c1)c1cc(F)ccc1F. The van der Waals surface area contributed by atoms with E-state index in [9.17, 15) is 18.4 Å². The van der Waals surface area contributed by atoms with E-state index in [1.807, 2.05) is 0 Å². The van der Waals surface area contributed by atoms with Crippen LogP contribution < -0.4 is 5.32 Å². The Kier molecular flexibility index (Phi) is 6.11. The molecule has 5 nitrogen and oxygen atoms in total. The smallest absolute Gasteiger partial charge is 0.258 e. The Morgan fingerprint density at radius 2 is 1.89 bits per heavy atom. The molecule has 3 aromatic rings. The summed E-state index contributed by atoms with van der Waals surface area (Å²) in [5, 5.41) is 2.46. The molecule has 1 heterocycles. The minimum atomic E-state index is -0.854. The molecule has 9 heteroatoms. The molecule has 2 aromatic carbocycles. The molecule has 28 heavy (non-hydrogen) atoms. The van der Waals surface area contributed by atoms with Gasteiger partial charge in [0.05, 0.1) is 11.3 Å². The first-order chi connectivity index (χ1) is 13.3. The fourth-order valence-corrected chi connectivity index (χ4v) is 3.06. The molecule has 0 aliphatic rings. The lowest BCUT2D eigenvalue weighted by molar-refractivity contribution is 0.0987. The molecule has 0 fully saturated rings. The Morgan fingerprint density at radius 1 is 1.11 bits per heavy atom. The summed E-state index contributed by atoms with van der Waals surface area (Å²) in [6.07, 6.45) is 1.43. The highest BCUT2D eigenvalue weighted by molar-refractivity contribution is 9.09. The molecular formula is C19H11BrClF2N3O2. The monoisotopic (exact) mass is 465 g/mol. The lowest BCUT2D eigenvalue weighted by Crippen LogP contribution is -2.15. The Morgan fingerprint density at radius 3 is 2.64 bits per heavy atom. The summed E-state index contributed by atoms with van der Waals surface area (Å²) >= 11 is 9.02. The molecule has 0 spiro atoms. The van der Waals surface area contributed by atoms with Gasteiger partial charge in [-0.15, -0.1) is 0 Å². The number of halogens is 4. The van der Waals surface area contributed by atoms with Crippen LogP contribution in [0.5, 0.6) is 0 Å². The Hall–Kier alpha value is -2.71. The number of ketones is 1. The molecule has 3 rings (SSSR count). The van der Waals surface area contributed by atoms with Gasteiger partial charge < -0.3 is 5.32 Å². The van der Waals surface area contributed by atoms with E-state index < -0.39 is 27.9 Å². The summed E-state index contributed by atoms with van der Waals surface area (Å²) in [5.41, 5.74) is 0.459. The molecule has 1 atom stereocenters. The number of hydrogen-bond donors (Lipinski definition) is 1. The van der Waals surface area contributed by atoms with E-state index in [1.165, 1.54) is 18.3 Å². The first kappa shape index (κ1) is 20.0. The molecule has 0 aliphatic carbocycles. The zero-order valence-electron chi connectivity index (χ0n) is 14.0. The van der Waals surface area contributed by atoms with E-state index >= 15 is 0 Å². The zero-order valence-corrected chi connectivity index (χ0v) is 16.3. The number of hydrogen-bond acceptors (Lipinski definition) is 4. The van der Waals surface area contributed by atoms with Crippen LogP contribution in [0, 0.1) is 11.6 Å². The third-order valence-electron chi connectivity index (χ3n) is 3.72. The van der Waals surface area contributed by atoms with Crippen LogP contribution in [-0.2, 0) is 0 Å². The average molecular weight is 467 g/mol. The van der Waals surface area contributed by atoms with Gasteiger partial charge in [0.15, 0.2) is 5.78 Å². The maximum absolute atomic E-state index is 13.7. The van der Waals surface area contributed by atoms with Crippen LogP contribution in [0.4, 0.5) is 14.5 Å². The summed E-state index contributed by atoms with van der Waals surface area (Å²) in [7, 11) is 0.